The van der Waals surface area contributed by atoms with E-state index in [4.69, 9.17) is 0 Å². The molecule has 1 aliphatic rings. The summed E-state index contributed by atoms with van der Waals surface area (Å²) in [7, 11) is 0. The Morgan fingerprint density at radius 2 is 2.26 bits per heavy atom. The van der Waals surface area contributed by atoms with Gasteiger partial charge in [0.2, 0.25) is 11.8 Å². The Morgan fingerprint density at radius 1 is 1.48 bits per heavy atom. The van der Waals surface area contributed by atoms with E-state index in [0.29, 0.717) is 13.1 Å². The van der Waals surface area contributed by atoms with Crippen LogP contribution in [0.4, 0.5) is 0 Å². The van der Waals surface area contributed by atoms with Gasteiger partial charge in [0, 0.05) is 38.3 Å². The van der Waals surface area contributed by atoms with Crippen LogP contribution in [0.2, 0.25) is 0 Å². The van der Waals surface area contributed by atoms with Gasteiger partial charge in [0.25, 0.3) is 0 Å². The maximum Gasteiger partial charge on any atom is 0.236 e. The molecule has 2 N–H and O–H groups in total. The van der Waals surface area contributed by atoms with Gasteiger partial charge in [-0.1, -0.05) is 0 Å². The molecule has 2 amide bonds. The molecule has 1 aromatic rings. The van der Waals surface area contributed by atoms with Crippen LogP contribution in [0.5, 0.6) is 0 Å². The molecule has 2 heterocycles. The minimum absolute atomic E-state index is 0.0365. The minimum atomic E-state index is -0.0365. The van der Waals surface area contributed by atoms with Crippen molar-refractivity contribution in [3.05, 3.63) is 18.0 Å². The molecule has 7 heteroatoms. The molecule has 1 fully saturated rings. The summed E-state index contributed by atoms with van der Waals surface area (Å²) < 4.78 is 1.88. The van der Waals surface area contributed by atoms with Gasteiger partial charge in [-0.3, -0.25) is 14.3 Å². The highest BCUT2D eigenvalue weighted by atomic mass is 16.2. The molecule has 0 bridgehead atoms. The van der Waals surface area contributed by atoms with E-state index < -0.39 is 0 Å². The van der Waals surface area contributed by atoms with Crippen LogP contribution >= 0.6 is 0 Å². The summed E-state index contributed by atoms with van der Waals surface area (Å²) in [4.78, 5) is 25.3. The van der Waals surface area contributed by atoms with Gasteiger partial charge in [0.1, 0.15) is 0 Å². The highest BCUT2D eigenvalue weighted by Crippen LogP contribution is 2.10. The average molecular weight is 321 g/mol. The van der Waals surface area contributed by atoms with E-state index in [1.165, 1.54) is 6.92 Å². The number of hydrogen-bond acceptors (Lipinski definition) is 4. The monoisotopic (exact) mass is 321 g/mol. The van der Waals surface area contributed by atoms with Gasteiger partial charge < -0.3 is 15.5 Å². The van der Waals surface area contributed by atoms with E-state index >= 15 is 0 Å². The van der Waals surface area contributed by atoms with Crippen LogP contribution in [0, 0.1) is 6.92 Å². The fourth-order valence-corrected chi connectivity index (χ4v) is 2.89. The van der Waals surface area contributed by atoms with Gasteiger partial charge in [-0.15, -0.1) is 0 Å². The lowest BCUT2D eigenvalue weighted by atomic mass is 10.1. The van der Waals surface area contributed by atoms with Crippen molar-refractivity contribution in [2.45, 2.75) is 52.2 Å². The minimum Gasteiger partial charge on any atom is -0.352 e. The van der Waals surface area contributed by atoms with Crippen molar-refractivity contribution in [3.8, 4) is 0 Å². The molecular formula is C16H27N5O2. The zero-order valence-electron chi connectivity index (χ0n) is 14.2. The molecule has 0 radical (unpaired) electrons. The van der Waals surface area contributed by atoms with Crippen LogP contribution < -0.4 is 10.6 Å². The number of piperidine rings is 1. The van der Waals surface area contributed by atoms with Crippen LogP contribution in [-0.2, 0) is 16.1 Å². The highest BCUT2D eigenvalue weighted by Gasteiger charge is 2.24. The maximum absolute atomic E-state index is 12.3. The summed E-state index contributed by atoms with van der Waals surface area (Å²) in [6.07, 6.45) is 5.68. The number of carbonyl (C=O) groups excluding carboxylic acids is 2. The number of amides is 2. The third-order valence-corrected chi connectivity index (χ3v) is 4.01. The highest BCUT2D eigenvalue weighted by molar-refractivity contribution is 5.78. The van der Waals surface area contributed by atoms with Gasteiger partial charge in [-0.25, -0.2) is 0 Å². The summed E-state index contributed by atoms with van der Waals surface area (Å²) in [6.45, 7) is 7.98. The topological polar surface area (TPSA) is 79.3 Å². The second kappa shape index (κ2) is 8.10. The van der Waals surface area contributed by atoms with Gasteiger partial charge in [0.05, 0.1) is 19.3 Å². The molecule has 0 unspecified atom stereocenters. The molecule has 7 nitrogen and oxygen atoms in total. The van der Waals surface area contributed by atoms with Gasteiger partial charge in [0.15, 0.2) is 0 Å². The number of hydrogen-bond donors (Lipinski definition) is 2. The fraction of sp³-hybridized carbons (Fsp3) is 0.688. The van der Waals surface area contributed by atoms with E-state index in [9.17, 15) is 9.59 Å². The summed E-state index contributed by atoms with van der Waals surface area (Å²) in [5, 5.41) is 10.4. The zero-order chi connectivity index (χ0) is 16.8. The predicted octanol–water partition coefficient (Wildman–Crippen LogP) is 0.297. The van der Waals surface area contributed by atoms with Crippen molar-refractivity contribution in [1.82, 2.24) is 25.3 Å². The number of rotatable bonds is 6. The summed E-state index contributed by atoms with van der Waals surface area (Å²) in [5.74, 6) is 0.0501. The molecule has 1 aliphatic heterocycles. The first-order chi connectivity index (χ1) is 10.9. The molecule has 0 aliphatic carbocycles. The Bertz CT molecular complexity index is 542. The van der Waals surface area contributed by atoms with Crippen LogP contribution in [0.25, 0.3) is 0 Å². The van der Waals surface area contributed by atoms with Crippen molar-refractivity contribution < 1.29 is 9.59 Å². The van der Waals surface area contributed by atoms with E-state index in [1.807, 2.05) is 35.8 Å². The Labute approximate surface area is 137 Å². The Morgan fingerprint density at radius 3 is 2.91 bits per heavy atom. The number of likely N-dealkylation sites (tertiary alicyclic amines) is 1. The second-order valence-electron chi connectivity index (χ2n) is 6.40. The zero-order valence-corrected chi connectivity index (χ0v) is 14.2. The number of nitrogens with zero attached hydrogens (tertiary/aromatic N) is 3. The lowest BCUT2D eigenvalue weighted by Crippen LogP contribution is -2.51. The number of carbonyl (C=O) groups is 2. The lowest BCUT2D eigenvalue weighted by Gasteiger charge is -2.33. The predicted molar refractivity (Wildman–Crippen MR) is 87.8 cm³/mol. The lowest BCUT2D eigenvalue weighted by molar-refractivity contribution is -0.132. The Hall–Kier alpha value is -1.89. The molecule has 2 atom stereocenters. The summed E-state index contributed by atoms with van der Waals surface area (Å²) in [6, 6.07) is 0.240. The summed E-state index contributed by atoms with van der Waals surface area (Å²) in [5.41, 5.74) is 1.13. The number of nitrogens with one attached hydrogen (secondary N) is 2. The third-order valence-electron chi connectivity index (χ3n) is 4.01. The van der Waals surface area contributed by atoms with Crippen molar-refractivity contribution in [2.24, 2.45) is 0 Å². The van der Waals surface area contributed by atoms with E-state index in [-0.39, 0.29) is 23.9 Å². The Kier molecular flexibility index (Phi) is 6.15. The van der Waals surface area contributed by atoms with Crippen molar-refractivity contribution in [1.29, 1.82) is 0 Å². The Balaban J connectivity index is 1.74. The SMILES string of the molecule is CC(=O)N[C@H]1CCCN(C(=O)CN[C@H](C)Cn2cc(C)cn2)C1. The smallest absolute Gasteiger partial charge is 0.236 e. The van der Waals surface area contributed by atoms with Gasteiger partial charge >= 0.3 is 0 Å². The molecule has 23 heavy (non-hydrogen) atoms. The molecule has 0 saturated carbocycles. The molecule has 1 saturated heterocycles. The molecule has 0 spiro atoms. The normalized spacial score (nSPS) is 19.4. The molecule has 0 aromatic carbocycles. The van der Waals surface area contributed by atoms with Crippen LogP contribution in [0.1, 0.15) is 32.3 Å². The molecule has 1 aromatic heterocycles. The first-order valence-electron chi connectivity index (χ1n) is 8.21. The fourth-order valence-electron chi connectivity index (χ4n) is 2.89. The summed E-state index contributed by atoms with van der Waals surface area (Å²) >= 11 is 0. The van der Waals surface area contributed by atoms with Gasteiger partial charge in [-0.2, -0.15) is 5.10 Å². The van der Waals surface area contributed by atoms with E-state index in [1.54, 1.807) is 0 Å². The van der Waals surface area contributed by atoms with Crippen LogP contribution in [0.15, 0.2) is 12.4 Å². The molecule has 128 valence electrons. The van der Waals surface area contributed by atoms with E-state index in [2.05, 4.69) is 15.7 Å². The van der Waals surface area contributed by atoms with Crippen molar-refractivity contribution >= 4 is 11.8 Å². The standard InChI is InChI=1S/C16H27N5O2/c1-12-7-18-21(9-12)10-13(2)17-8-16(23)20-6-4-5-15(11-20)19-14(3)22/h7,9,13,15,17H,4-6,8,10-11H2,1-3H3,(H,19,22)/t13-,15+/m1/s1. The molecular weight excluding hydrogens is 294 g/mol. The number of aryl methyl sites for hydroxylation is 1. The first kappa shape index (κ1) is 17.5. The van der Waals surface area contributed by atoms with Gasteiger partial charge in [-0.05, 0) is 32.3 Å². The van der Waals surface area contributed by atoms with Crippen LogP contribution in [0.3, 0.4) is 0 Å². The largest absolute Gasteiger partial charge is 0.352 e. The van der Waals surface area contributed by atoms with Crippen molar-refractivity contribution in [2.75, 3.05) is 19.6 Å². The quantitative estimate of drug-likeness (QED) is 0.790. The average Bonchev–Trinajstić information content (AvgIpc) is 2.89. The van der Waals surface area contributed by atoms with Crippen LogP contribution in [-0.4, -0.2) is 58.2 Å². The third kappa shape index (κ3) is 5.67. The van der Waals surface area contributed by atoms with E-state index in [0.717, 1.165) is 31.5 Å². The second-order valence-corrected chi connectivity index (χ2v) is 6.40. The number of aromatic nitrogens is 2. The first-order valence-corrected chi connectivity index (χ1v) is 8.21. The molecule has 2 rings (SSSR count). The maximum atomic E-state index is 12.3. The van der Waals surface area contributed by atoms with Crippen molar-refractivity contribution in [3.63, 3.8) is 0 Å².